The van der Waals surface area contributed by atoms with Gasteiger partial charge in [-0.25, -0.2) is 4.99 Å². The number of allylic oxidation sites excluding steroid dienone is 6. The van der Waals surface area contributed by atoms with Crippen molar-refractivity contribution in [1.82, 2.24) is 0 Å². The van der Waals surface area contributed by atoms with E-state index >= 15 is 0 Å². The molecule has 0 spiro atoms. The number of anilines is 2. The van der Waals surface area contributed by atoms with E-state index in [0.29, 0.717) is 11.6 Å². The number of nitrogens with two attached hydrogens (primary N) is 2. The zero-order valence-electron chi connectivity index (χ0n) is 18.9. The van der Waals surface area contributed by atoms with Gasteiger partial charge in [-0.15, -0.1) is 0 Å². The molecule has 1 heterocycles. The number of halogens is 7. The lowest BCUT2D eigenvalue weighted by Crippen LogP contribution is -2.58. The molecule has 0 radical (unpaired) electrons. The van der Waals surface area contributed by atoms with Crippen LogP contribution in [0.15, 0.2) is 82.6 Å². The lowest BCUT2D eigenvalue weighted by Gasteiger charge is -2.43. The number of nitrogen functional groups attached to an aromatic ring is 2. The van der Waals surface area contributed by atoms with E-state index in [0.717, 1.165) is 18.2 Å². The van der Waals surface area contributed by atoms with Crippen LogP contribution in [0.25, 0.3) is 0 Å². The molecular weight excluding hydrogens is 552 g/mol. The van der Waals surface area contributed by atoms with Gasteiger partial charge in [0.25, 0.3) is 0 Å². The normalized spacial score (nSPS) is 24.6. The standard InChI is InChI=1S/C25H22BrF6N3O/c1-22(26)9-2-3-14(8-10-22)21-35-20-7-5-16(11-15(20)13-36-21)23(24(27,28)29,25(30,31)32)17-4-6-18(33)19(34)12-17/h2-4,6-12,16H,5,13,33-34H2,1H3. The molecule has 4 nitrogen and oxygen atoms in total. The summed E-state index contributed by atoms with van der Waals surface area (Å²) in [4.78, 5) is 4.38. The van der Waals surface area contributed by atoms with E-state index < -0.39 is 35.7 Å². The monoisotopic (exact) mass is 573 g/mol. The van der Waals surface area contributed by atoms with Crippen molar-refractivity contribution in [2.75, 3.05) is 18.1 Å². The van der Waals surface area contributed by atoms with E-state index in [-0.39, 0.29) is 39.5 Å². The number of ether oxygens (including phenoxy) is 1. The predicted molar refractivity (Wildman–Crippen MR) is 130 cm³/mol. The van der Waals surface area contributed by atoms with Crippen LogP contribution in [0.1, 0.15) is 18.9 Å². The number of fused-ring (bicyclic) bond motifs is 1. The SMILES string of the molecule is CC1(Br)C=CC=C(C2=NC3=CCC(C(c4ccc(N)c(N)c4)(C(F)(F)F)C(F)(F)F)C=C3CO2)C=C1. The lowest BCUT2D eigenvalue weighted by atomic mass is 9.65. The molecule has 0 saturated carbocycles. The van der Waals surface area contributed by atoms with Crippen LogP contribution in [0.4, 0.5) is 37.7 Å². The van der Waals surface area contributed by atoms with Gasteiger partial charge in [0.2, 0.25) is 5.90 Å². The van der Waals surface area contributed by atoms with Crippen molar-refractivity contribution in [3.8, 4) is 0 Å². The van der Waals surface area contributed by atoms with Gasteiger partial charge in [-0.3, -0.25) is 0 Å². The highest BCUT2D eigenvalue weighted by Crippen LogP contribution is 2.59. The molecule has 2 aliphatic carbocycles. The summed E-state index contributed by atoms with van der Waals surface area (Å²) >= 11 is 3.53. The van der Waals surface area contributed by atoms with E-state index in [1.165, 1.54) is 6.08 Å². The van der Waals surface area contributed by atoms with Gasteiger partial charge in [0.15, 0.2) is 5.41 Å². The molecule has 2 atom stereocenters. The number of rotatable bonds is 3. The van der Waals surface area contributed by atoms with Gasteiger partial charge in [0.05, 0.1) is 21.4 Å². The Morgan fingerprint density at radius 3 is 2.39 bits per heavy atom. The summed E-state index contributed by atoms with van der Waals surface area (Å²) in [6, 6.07) is 2.33. The smallest absolute Gasteiger partial charge is 0.407 e. The summed E-state index contributed by atoms with van der Waals surface area (Å²) in [6.45, 7) is 1.70. The molecule has 0 amide bonds. The Labute approximate surface area is 211 Å². The molecule has 36 heavy (non-hydrogen) atoms. The molecular formula is C25H22BrF6N3O. The molecule has 192 valence electrons. The highest BCUT2D eigenvalue weighted by molar-refractivity contribution is 9.10. The minimum atomic E-state index is -5.69. The highest BCUT2D eigenvalue weighted by Gasteiger charge is 2.74. The second kappa shape index (κ2) is 8.86. The van der Waals surface area contributed by atoms with Crippen LogP contribution in [-0.4, -0.2) is 29.2 Å². The van der Waals surface area contributed by atoms with Crippen molar-refractivity contribution >= 4 is 33.2 Å². The molecule has 4 rings (SSSR count). The molecule has 0 bridgehead atoms. The maximum absolute atomic E-state index is 14.5. The highest BCUT2D eigenvalue weighted by atomic mass is 79.9. The first-order valence-electron chi connectivity index (χ1n) is 10.9. The molecule has 4 N–H and O–H groups in total. The number of hydrogen-bond acceptors (Lipinski definition) is 4. The van der Waals surface area contributed by atoms with Crippen molar-refractivity contribution in [2.24, 2.45) is 10.9 Å². The summed E-state index contributed by atoms with van der Waals surface area (Å²) in [7, 11) is 0. The average Bonchev–Trinajstić information content (AvgIpc) is 2.94. The molecule has 3 aliphatic rings. The zero-order chi connectivity index (χ0) is 26.5. The topological polar surface area (TPSA) is 73.6 Å². The van der Waals surface area contributed by atoms with Gasteiger partial charge >= 0.3 is 12.4 Å². The van der Waals surface area contributed by atoms with Gasteiger partial charge in [0.1, 0.15) is 6.61 Å². The second-order valence-electron chi connectivity index (χ2n) is 8.94. The largest absolute Gasteiger partial charge is 0.472 e. The fraction of sp³-hybridized carbons (Fsp3) is 0.320. The maximum Gasteiger partial charge on any atom is 0.407 e. The molecule has 0 aromatic heterocycles. The van der Waals surface area contributed by atoms with Crippen molar-refractivity contribution in [1.29, 1.82) is 0 Å². The first kappa shape index (κ1) is 26.1. The quantitative estimate of drug-likeness (QED) is 0.241. The first-order valence-corrected chi connectivity index (χ1v) is 11.6. The summed E-state index contributed by atoms with van der Waals surface area (Å²) < 4.78 is 92.1. The average molecular weight is 574 g/mol. The van der Waals surface area contributed by atoms with Crippen molar-refractivity contribution < 1.29 is 31.1 Å². The predicted octanol–water partition coefficient (Wildman–Crippen LogP) is 6.68. The summed E-state index contributed by atoms with van der Waals surface area (Å²) in [5, 5.41) is 0. The first-order chi connectivity index (χ1) is 16.7. The lowest BCUT2D eigenvalue weighted by molar-refractivity contribution is -0.314. The van der Waals surface area contributed by atoms with Crippen LogP contribution in [0, 0.1) is 5.92 Å². The Hall–Kier alpha value is -2.95. The maximum atomic E-state index is 14.5. The number of aliphatic imine (C=N–C) groups is 1. The number of nitrogens with zero attached hydrogens (tertiary/aromatic N) is 1. The van der Waals surface area contributed by atoms with E-state index in [4.69, 9.17) is 16.2 Å². The third-order valence-corrected chi connectivity index (χ3v) is 6.94. The van der Waals surface area contributed by atoms with Crippen LogP contribution in [0.2, 0.25) is 0 Å². The van der Waals surface area contributed by atoms with Crippen molar-refractivity contribution in [3.05, 3.63) is 83.1 Å². The fourth-order valence-electron chi connectivity index (χ4n) is 4.53. The number of benzene rings is 1. The minimum absolute atomic E-state index is 0.110. The Kier molecular flexibility index (Phi) is 6.43. The van der Waals surface area contributed by atoms with E-state index in [2.05, 4.69) is 20.9 Å². The molecule has 1 aromatic carbocycles. The molecule has 1 aliphatic heterocycles. The van der Waals surface area contributed by atoms with Crippen LogP contribution in [0.3, 0.4) is 0 Å². The third-order valence-electron chi connectivity index (χ3n) is 6.41. The Balaban J connectivity index is 1.76. The Morgan fingerprint density at radius 1 is 1.06 bits per heavy atom. The van der Waals surface area contributed by atoms with Crippen LogP contribution < -0.4 is 11.5 Å². The summed E-state index contributed by atoms with van der Waals surface area (Å²) in [6.07, 6.45) is -0.566. The van der Waals surface area contributed by atoms with E-state index in [9.17, 15) is 26.3 Å². The summed E-state index contributed by atoms with van der Waals surface area (Å²) in [5.74, 6) is -1.78. The van der Waals surface area contributed by atoms with E-state index in [1.807, 2.05) is 19.1 Å². The molecule has 11 heteroatoms. The Bertz CT molecular complexity index is 1240. The van der Waals surface area contributed by atoms with Gasteiger partial charge < -0.3 is 16.2 Å². The van der Waals surface area contributed by atoms with Gasteiger partial charge in [-0.1, -0.05) is 58.5 Å². The third kappa shape index (κ3) is 4.49. The molecule has 0 fully saturated rings. The molecule has 1 aromatic rings. The number of hydrogen-bond donors (Lipinski definition) is 2. The van der Waals surface area contributed by atoms with E-state index in [1.54, 1.807) is 18.2 Å². The fourth-order valence-corrected chi connectivity index (χ4v) is 4.82. The minimum Gasteiger partial charge on any atom is -0.472 e. The second-order valence-corrected chi connectivity index (χ2v) is 10.7. The molecule has 0 saturated heterocycles. The summed E-state index contributed by atoms with van der Waals surface area (Å²) in [5.41, 5.74) is 6.52. The van der Waals surface area contributed by atoms with Gasteiger partial charge in [-0.05, 0) is 37.1 Å². The van der Waals surface area contributed by atoms with Crippen molar-refractivity contribution in [2.45, 2.75) is 35.4 Å². The van der Waals surface area contributed by atoms with Crippen LogP contribution in [0.5, 0.6) is 0 Å². The van der Waals surface area contributed by atoms with Crippen LogP contribution >= 0.6 is 15.9 Å². The van der Waals surface area contributed by atoms with Crippen molar-refractivity contribution in [3.63, 3.8) is 0 Å². The molecule has 2 unspecified atom stereocenters. The number of alkyl halides is 7. The van der Waals surface area contributed by atoms with Gasteiger partial charge in [-0.2, -0.15) is 26.3 Å². The van der Waals surface area contributed by atoms with Gasteiger partial charge in [0, 0.05) is 17.1 Å². The zero-order valence-corrected chi connectivity index (χ0v) is 20.5. The Morgan fingerprint density at radius 2 is 1.75 bits per heavy atom. The van der Waals surface area contributed by atoms with Crippen LogP contribution in [-0.2, 0) is 10.2 Å².